The third-order valence-corrected chi connectivity index (χ3v) is 3.80. The Bertz CT molecular complexity index is 454. The summed E-state index contributed by atoms with van der Waals surface area (Å²) in [7, 11) is 0. The number of hydrogen-bond donors (Lipinski definition) is 1. The van der Waals surface area contributed by atoms with Crippen LogP contribution >= 0.6 is 0 Å². The third kappa shape index (κ3) is 3.14. The number of carboxylic acids is 1. The summed E-state index contributed by atoms with van der Waals surface area (Å²) in [6.07, 6.45) is 6.30. The second-order valence-electron chi connectivity index (χ2n) is 6.53. The first-order valence-electron chi connectivity index (χ1n) is 7.07. The summed E-state index contributed by atoms with van der Waals surface area (Å²) in [5.41, 5.74) is 0.584. The quantitative estimate of drug-likeness (QED) is 0.912. The van der Waals surface area contributed by atoms with Crippen molar-refractivity contribution in [1.82, 2.24) is 15.0 Å². The molecule has 106 valence electrons. The molecule has 1 fully saturated rings. The molecule has 0 aromatic carbocycles. The third-order valence-electron chi connectivity index (χ3n) is 3.80. The van der Waals surface area contributed by atoms with Crippen molar-refractivity contribution in [3.8, 4) is 0 Å². The fourth-order valence-electron chi connectivity index (χ4n) is 2.94. The Hall–Kier alpha value is -1.39. The molecule has 0 amide bonds. The highest BCUT2D eigenvalue weighted by atomic mass is 16.4. The number of carboxylic acid groups (broad SMARTS) is 1. The molecule has 1 heterocycles. The van der Waals surface area contributed by atoms with Gasteiger partial charge in [-0.3, -0.25) is 0 Å². The van der Waals surface area contributed by atoms with Crippen LogP contribution in [-0.4, -0.2) is 26.1 Å². The predicted molar refractivity (Wildman–Crippen MR) is 72.3 cm³/mol. The molecule has 1 aromatic heterocycles. The maximum Gasteiger partial charge on any atom is 0.358 e. The zero-order chi connectivity index (χ0) is 14.0. The fraction of sp³-hybridized carbons (Fsp3) is 0.786. The van der Waals surface area contributed by atoms with E-state index in [9.17, 15) is 9.90 Å². The van der Waals surface area contributed by atoms with E-state index in [1.165, 1.54) is 32.1 Å². The van der Waals surface area contributed by atoms with E-state index in [-0.39, 0.29) is 11.1 Å². The van der Waals surface area contributed by atoms with Gasteiger partial charge in [0.15, 0.2) is 5.69 Å². The number of nitrogens with zero attached hydrogens (tertiary/aromatic N) is 3. The van der Waals surface area contributed by atoms with E-state index in [4.69, 9.17) is 0 Å². The highest BCUT2D eigenvalue weighted by molar-refractivity contribution is 5.86. The summed E-state index contributed by atoms with van der Waals surface area (Å²) in [6, 6.07) is 0. The van der Waals surface area contributed by atoms with E-state index >= 15 is 0 Å². The first-order valence-corrected chi connectivity index (χ1v) is 7.07. The van der Waals surface area contributed by atoms with Crippen LogP contribution in [0.25, 0.3) is 0 Å². The first-order chi connectivity index (χ1) is 8.89. The van der Waals surface area contributed by atoms with Crippen molar-refractivity contribution in [3.05, 3.63) is 11.4 Å². The van der Waals surface area contributed by atoms with Crippen LogP contribution in [0.3, 0.4) is 0 Å². The lowest BCUT2D eigenvalue weighted by Crippen LogP contribution is -2.24. The Morgan fingerprint density at radius 2 is 1.95 bits per heavy atom. The van der Waals surface area contributed by atoms with Gasteiger partial charge in [-0.1, -0.05) is 45.2 Å². The lowest BCUT2D eigenvalue weighted by atomic mass is 9.87. The molecule has 5 heteroatoms. The van der Waals surface area contributed by atoms with Gasteiger partial charge < -0.3 is 5.11 Å². The van der Waals surface area contributed by atoms with Gasteiger partial charge in [-0.05, 0) is 18.8 Å². The second-order valence-corrected chi connectivity index (χ2v) is 6.53. The lowest BCUT2D eigenvalue weighted by molar-refractivity contribution is 0.0687. The van der Waals surface area contributed by atoms with E-state index < -0.39 is 5.97 Å². The molecule has 1 aliphatic rings. The summed E-state index contributed by atoms with van der Waals surface area (Å²) in [5.74, 6) is -0.377. The van der Waals surface area contributed by atoms with Crippen molar-refractivity contribution < 1.29 is 9.90 Å². The molecule has 2 rings (SSSR count). The van der Waals surface area contributed by atoms with E-state index in [0.717, 1.165) is 12.2 Å². The lowest BCUT2D eigenvalue weighted by Gasteiger charge is -2.25. The standard InChI is InChI=1S/C14H23N3O2/c1-14(2,3)12-11(13(18)19)15-16-17(12)9-10-7-5-4-6-8-10/h10H,4-9H2,1-3H3,(H,18,19). The second kappa shape index (κ2) is 5.31. The topological polar surface area (TPSA) is 68.0 Å². The molecule has 5 nitrogen and oxygen atoms in total. The Labute approximate surface area is 114 Å². The van der Waals surface area contributed by atoms with E-state index in [1.807, 2.05) is 25.5 Å². The first kappa shape index (κ1) is 14.0. The maximum atomic E-state index is 11.3. The van der Waals surface area contributed by atoms with Crippen LogP contribution < -0.4 is 0 Å². The van der Waals surface area contributed by atoms with Gasteiger partial charge in [0.2, 0.25) is 0 Å². The monoisotopic (exact) mass is 265 g/mol. The van der Waals surface area contributed by atoms with Crippen LogP contribution in [0.15, 0.2) is 0 Å². The van der Waals surface area contributed by atoms with Crippen LogP contribution in [0, 0.1) is 5.92 Å². The molecule has 1 aliphatic carbocycles. The van der Waals surface area contributed by atoms with E-state index in [0.29, 0.717) is 5.92 Å². The van der Waals surface area contributed by atoms with Crippen LogP contribution in [0.5, 0.6) is 0 Å². The Balaban J connectivity index is 2.27. The summed E-state index contributed by atoms with van der Waals surface area (Å²) >= 11 is 0. The molecular weight excluding hydrogens is 242 g/mol. The Kier molecular flexibility index (Phi) is 3.92. The minimum atomic E-state index is -0.986. The van der Waals surface area contributed by atoms with Crippen molar-refractivity contribution in [2.24, 2.45) is 5.92 Å². The molecular formula is C14H23N3O2. The molecule has 1 N–H and O–H groups in total. The Morgan fingerprint density at radius 1 is 1.32 bits per heavy atom. The molecule has 0 saturated heterocycles. The highest BCUT2D eigenvalue weighted by Gasteiger charge is 2.30. The number of carbonyl (C=O) groups is 1. The zero-order valence-corrected chi connectivity index (χ0v) is 12.0. The van der Waals surface area contributed by atoms with Gasteiger partial charge in [0.05, 0.1) is 5.69 Å². The molecule has 0 radical (unpaired) electrons. The number of rotatable bonds is 3. The molecule has 1 aromatic rings. The van der Waals surface area contributed by atoms with Crippen LogP contribution in [0.4, 0.5) is 0 Å². The van der Waals surface area contributed by atoms with Crippen molar-refractivity contribution in [3.63, 3.8) is 0 Å². The van der Waals surface area contributed by atoms with Crippen LogP contribution in [0.2, 0.25) is 0 Å². The molecule has 0 spiro atoms. The van der Waals surface area contributed by atoms with Crippen molar-refractivity contribution in [1.29, 1.82) is 0 Å². The molecule has 19 heavy (non-hydrogen) atoms. The van der Waals surface area contributed by atoms with Crippen molar-refractivity contribution in [2.45, 2.75) is 64.8 Å². The van der Waals surface area contributed by atoms with Gasteiger partial charge in [0.25, 0.3) is 0 Å². The summed E-state index contributed by atoms with van der Waals surface area (Å²) in [5, 5.41) is 17.2. The molecule has 0 aliphatic heterocycles. The average molecular weight is 265 g/mol. The molecule has 1 saturated carbocycles. The van der Waals surface area contributed by atoms with Gasteiger partial charge in [-0.2, -0.15) is 0 Å². The largest absolute Gasteiger partial charge is 0.476 e. The summed E-state index contributed by atoms with van der Waals surface area (Å²) in [4.78, 5) is 11.3. The highest BCUT2D eigenvalue weighted by Crippen LogP contribution is 2.29. The summed E-state index contributed by atoms with van der Waals surface area (Å²) in [6.45, 7) is 6.83. The van der Waals surface area contributed by atoms with Gasteiger partial charge in [-0.25, -0.2) is 9.48 Å². The number of aromatic nitrogens is 3. The van der Waals surface area contributed by atoms with Crippen LogP contribution in [0.1, 0.15) is 69.1 Å². The number of hydrogen-bond acceptors (Lipinski definition) is 3. The summed E-state index contributed by atoms with van der Waals surface area (Å²) < 4.78 is 1.82. The zero-order valence-electron chi connectivity index (χ0n) is 12.0. The van der Waals surface area contributed by atoms with Gasteiger partial charge >= 0.3 is 5.97 Å². The molecule has 0 bridgehead atoms. The smallest absolute Gasteiger partial charge is 0.358 e. The van der Waals surface area contributed by atoms with Gasteiger partial charge in [0.1, 0.15) is 0 Å². The average Bonchev–Trinajstić information content (AvgIpc) is 2.74. The molecule has 0 unspecified atom stereocenters. The number of aromatic carboxylic acids is 1. The maximum absolute atomic E-state index is 11.3. The molecule has 0 atom stereocenters. The van der Waals surface area contributed by atoms with Crippen molar-refractivity contribution >= 4 is 5.97 Å². The van der Waals surface area contributed by atoms with E-state index in [1.54, 1.807) is 0 Å². The minimum absolute atomic E-state index is 0.100. The van der Waals surface area contributed by atoms with Gasteiger partial charge in [0, 0.05) is 12.0 Å². The predicted octanol–water partition coefficient (Wildman–Crippen LogP) is 2.85. The normalized spacial score (nSPS) is 17.6. The van der Waals surface area contributed by atoms with Crippen molar-refractivity contribution in [2.75, 3.05) is 0 Å². The minimum Gasteiger partial charge on any atom is -0.476 e. The van der Waals surface area contributed by atoms with Gasteiger partial charge in [-0.15, -0.1) is 5.10 Å². The fourth-order valence-corrected chi connectivity index (χ4v) is 2.94. The Morgan fingerprint density at radius 3 is 2.47 bits per heavy atom. The van der Waals surface area contributed by atoms with Crippen LogP contribution in [-0.2, 0) is 12.0 Å². The van der Waals surface area contributed by atoms with E-state index in [2.05, 4.69) is 10.3 Å². The SMILES string of the molecule is CC(C)(C)c1c(C(=O)O)nnn1CC1CCCCC1.